The van der Waals surface area contributed by atoms with Crippen LogP contribution in [0.4, 0.5) is 0 Å². The van der Waals surface area contributed by atoms with Crippen molar-refractivity contribution in [3.63, 3.8) is 0 Å². The molecule has 0 saturated carbocycles. The molecule has 0 aromatic heterocycles. The van der Waals surface area contributed by atoms with Gasteiger partial charge in [-0.2, -0.15) is 0 Å². The lowest BCUT2D eigenvalue weighted by Gasteiger charge is -1.89. The zero-order valence-electron chi connectivity index (χ0n) is 9.07. The maximum absolute atomic E-state index is 3.36. The fourth-order valence-electron chi connectivity index (χ4n) is 1.14. The first-order valence-corrected chi connectivity index (χ1v) is 5.71. The fraction of sp³-hybridized carbons (Fsp3) is 0.143. The van der Waals surface area contributed by atoms with Crippen LogP contribution in [0.3, 0.4) is 0 Å². The van der Waals surface area contributed by atoms with Crippen LogP contribution in [0.15, 0.2) is 59.1 Å². The normalized spacial score (nSPS) is 9.00. The van der Waals surface area contributed by atoms with Crippen LogP contribution in [0.5, 0.6) is 0 Å². The van der Waals surface area contributed by atoms with Gasteiger partial charge >= 0.3 is 0 Å². The monoisotopic (exact) mass is 262 g/mol. The van der Waals surface area contributed by atoms with Gasteiger partial charge in [0.2, 0.25) is 0 Å². The van der Waals surface area contributed by atoms with Crippen molar-refractivity contribution >= 4 is 15.9 Å². The van der Waals surface area contributed by atoms with Crippen molar-refractivity contribution in [1.82, 2.24) is 0 Å². The second-order valence-electron chi connectivity index (χ2n) is 3.45. The molecule has 0 unspecified atom stereocenters. The highest BCUT2D eigenvalue weighted by Gasteiger charge is 1.82. The molecule has 0 bridgehead atoms. The Hall–Kier alpha value is -1.08. The van der Waals surface area contributed by atoms with Crippen molar-refractivity contribution in [2.24, 2.45) is 0 Å². The third-order valence-corrected chi connectivity index (χ3v) is 2.41. The lowest BCUT2D eigenvalue weighted by molar-refractivity contribution is 1.45. The molecular formula is C14H15Br. The van der Waals surface area contributed by atoms with Gasteiger partial charge < -0.3 is 0 Å². The highest BCUT2D eigenvalue weighted by Crippen LogP contribution is 2.09. The third kappa shape index (κ3) is 5.38. The molecule has 15 heavy (non-hydrogen) atoms. The number of aryl methyl sites for hydroxylation is 2. The van der Waals surface area contributed by atoms with Gasteiger partial charge in [-0.25, -0.2) is 0 Å². The molecule has 2 rings (SSSR count). The topological polar surface area (TPSA) is 0 Å². The largest absolute Gasteiger partial charge is 0.0622 e. The Bertz CT molecular complexity index is 376. The molecule has 0 aliphatic heterocycles. The average molecular weight is 263 g/mol. The highest BCUT2D eigenvalue weighted by molar-refractivity contribution is 9.10. The molecule has 0 aliphatic rings. The van der Waals surface area contributed by atoms with Crippen LogP contribution in [-0.2, 0) is 0 Å². The minimum absolute atomic E-state index is 1.15. The van der Waals surface area contributed by atoms with Crippen LogP contribution >= 0.6 is 15.9 Å². The molecule has 0 saturated heterocycles. The fourth-order valence-corrected chi connectivity index (χ4v) is 1.65. The predicted molar refractivity (Wildman–Crippen MR) is 70.1 cm³/mol. The van der Waals surface area contributed by atoms with E-state index in [2.05, 4.69) is 54.0 Å². The first kappa shape index (κ1) is 12.0. The Kier molecular flexibility index (Phi) is 5.13. The maximum Gasteiger partial charge on any atom is 0.0177 e. The summed E-state index contributed by atoms with van der Waals surface area (Å²) in [5.74, 6) is 0. The van der Waals surface area contributed by atoms with E-state index >= 15 is 0 Å². The van der Waals surface area contributed by atoms with E-state index in [-0.39, 0.29) is 0 Å². The van der Waals surface area contributed by atoms with E-state index < -0.39 is 0 Å². The molecule has 0 aliphatic carbocycles. The Morgan fingerprint density at radius 3 is 1.67 bits per heavy atom. The summed E-state index contributed by atoms with van der Waals surface area (Å²) >= 11 is 3.36. The molecule has 0 N–H and O–H groups in total. The van der Waals surface area contributed by atoms with Gasteiger partial charge in [0.1, 0.15) is 0 Å². The van der Waals surface area contributed by atoms with Crippen LogP contribution in [0.25, 0.3) is 0 Å². The Morgan fingerprint density at radius 1 is 0.733 bits per heavy atom. The molecule has 1 heteroatoms. The summed E-state index contributed by atoms with van der Waals surface area (Å²) in [6.45, 7) is 4.16. The Labute approximate surface area is 100 Å². The van der Waals surface area contributed by atoms with E-state index in [1.807, 2.05) is 30.3 Å². The number of rotatable bonds is 0. The second kappa shape index (κ2) is 6.41. The van der Waals surface area contributed by atoms with Gasteiger partial charge in [-0.15, -0.1) is 0 Å². The molecule has 0 nitrogen and oxygen atoms in total. The van der Waals surface area contributed by atoms with Crippen LogP contribution in [0.1, 0.15) is 11.1 Å². The Balaban J connectivity index is 0.000000151. The first-order valence-electron chi connectivity index (χ1n) is 4.92. The van der Waals surface area contributed by atoms with Gasteiger partial charge in [-0.3, -0.25) is 0 Å². The van der Waals surface area contributed by atoms with Crippen molar-refractivity contribution < 1.29 is 0 Å². The summed E-state index contributed by atoms with van der Waals surface area (Å²) in [6, 6.07) is 18.5. The van der Waals surface area contributed by atoms with E-state index in [4.69, 9.17) is 0 Å². The number of hydrogen-bond donors (Lipinski definition) is 0. The number of hydrogen-bond acceptors (Lipinski definition) is 0. The minimum atomic E-state index is 1.15. The summed E-state index contributed by atoms with van der Waals surface area (Å²) in [4.78, 5) is 0. The summed E-state index contributed by atoms with van der Waals surface area (Å²) in [7, 11) is 0. The molecule has 2 aromatic carbocycles. The lowest BCUT2D eigenvalue weighted by atomic mass is 10.2. The zero-order chi connectivity index (χ0) is 11.1. The van der Waals surface area contributed by atoms with Gasteiger partial charge in [0, 0.05) is 4.47 Å². The maximum atomic E-state index is 3.36. The molecule has 0 atom stereocenters. The van der Waals surface area contributed by atoms with Gasteiger partial charge in [-0.05, 0) is 26.0 Å². The highest BCUT2D eigenvalue weighted by atomic mass is 79.9. The molecule has 0 radical (unpaired) electrons. The smallest absolute Gasteiger partial charge is 0.0177 e. The quantitative estimate of drug-likeness (QED) is 0.643. The van der Waals surface area contributed by atoms with E-state index in [1.165, 1.54) is 11.1 Å². The first-order chi connectivity index (χ1) is 7.18. The molecule has 2 aromatic rings. The molecule has 0 fully saturated rings. The molecular weight excluding hydrogens is 248 g/mol. The summed E-state index contributed by atoms with van der Waals surface area (Å²) in [6.07, 6.45) is 0. The lowest BCUT2D eigenvalue weighted by Crippen LogP contribution is -1.67. The molecule has 0 heterocycles. The van der Waals surface area contributed by atoms with Crippen LogP contribution < -0.4 is 0 Å². The number of benzene rings is 2. The molecule has 78 valence electrons. The third-order valence-electron chi connectivity index (χ3n) is 1.92. The summed E-state index contributed by atoms with van der Waals surface area (Å²) < 4.78 is 1.15. The van der Waals surface area contributed by atoms with Gasteiger partial charge in [-0.1, -0.05) is 69.5 Å². The summed E-state index contributed by atoms with van der Waals surface area (Å²) in [5, 5.41) is 0. The predicted octanol–water partition coefficient (Wildman–Crippen LogP) is 4.75. The molecule has 0 amide bonds. The van der Waals surface area contributed by atoms with E-state index in [0.29, 0.717) is 0 Å². The minimum Gasteiger partial charge on any atom is -0.0622 e. The van der Waals surface area contributed by atoms with Crippen molar-refractivity contribution in [3.8, 4) is 0 Å². The van der Waals surface area contributed by atoms with Crippen molar-refractivity contribution in [3.05, 3.63) is 70.2 Å². The van der Waals surface area contributed by atoms with Crippen LogP contribution in [0.2, 0.25) is 0 Å². The zero-order valence-corrected chi connectivity index (χ0v) is 10.7. The van der Waals surface area contributed by atoms with E-state index in [0.717, 1.165) is 4.47 Å². The number of halogens is 1. The average Bonchev–Trinajstić information content (AvgIpc) is 2.19. The van der Waals surface area contributed by atoms with Crippen molar-refractivity contribution in [1.29, 1.82) is 0 Å². The van der Waals surface area contributed by atoms with E-state index in [9.17, 15) is 0 Å². The Morgan fingerprint density at radius 2 is 1.33 bits per heavy atom. The standard InChI is InChI=1S/C7H7Br.C7H8/c1-6-3-2-4-7(8)5-6;1-7-5-3-2-4-6-7/h2-5H,1H3;2-6H,1H3. The van der Waals surface area contributed by atoms with Gasteiger partial charge in [0.05, 0.1) is 0 Å². The van der Waals surface area contributed by atoms with Crippen molar-refractivity contribution in [2.45, 2.75) is 13.8 Å². The van der Waals surface area contributed by atoms with Gasteiger partial charge in [0.25, 0.3) is 0 Å². The summed E-state index contributed by atoms with van der Waals surface area (Å²) in [5.41, 5.74) is 2.61. The second-order valence-corrected chi connectivity index (χ2v) is 4.37. The van der Waals surface area contributed by atoms with Gasteiger partial charge in [0.15, 0.2) is 0 Å². The van der Waals surface area contributed by atoms with Crippen molar-refractivity contribution in [2.75, 3.05) is 0 Å². The van der Waals surface area contributed by atoms with Crippen LogP contribution in [-0.4, -0.2) is 0 Å². The van der Waals surface area contributed by atoms with E-state index in [1.54, 1.807) is 0 Å². The SMILES string of the molecule is Cc1cccc(Br)c1.Cc1ccccc1. The molecule has 0 spiro atoms. The van der Waals surface area contributed by atoms with Crippen LogP contribution in [0, 0.1) is 13.8 Å².